The number of nitrogens with zero attached hydrogens (tertiary/aromatic N) is 2. The maximum atomic E-state index is 10.7. The van der Waals surface area contributed by atoms with Crippen LogP contribution in [0.1, 0.15) is 5.69 Å². The Morgan fingerprint density at radius 1 is 1.60 bits per heavy atom. The summed E-state index contributed by atoms with van der Waals surface area (Å²) >= 11 is 0. The van der Waals surface area contributed by atoms with Gasteiger partial charge < -0.3 is 10.8 Å². The smallest absolute Gasteiger partial charge is 0.338 e. The Morgan fingerprint density at radius 2 is 2.33 bits per heavy atom. The van der Waals surface area contributed by atoms with Crippen molar-refractivity contribution in [2.45, 2.75) is 13.5 Å². The van der Waals surface area contributed by atoms with Crippen molar-refractivity contribution in [3.05, 3.63) is 30.1 Å². The van der Waals surface area contributed by atoms with E-state index < -0.39 is 5.97 Å². The molecule has 0 saturated heterocycles. The predicted octanol–water partition coefficient (Wildman–Crippen LogP) is 0.202. The van der Waals surface area contributed by atoms with Crippen LogP contribution in [0.3, 0.4) is 0 Å². The summed E-state index contributed by atoms with van der Waals surface area (Å²) in [5, 5.41) is 8.78. The van der Waals surface area contributed by atoms with Gasteiger partial charge in [-0.05, 0) is 13.0 Å². The molecular weight excluding hydrogens is 194 g/mol. The molecule has 0 atom stereocenters. The highest BCUT2D eigenvalue weighted by atomic mass is 16.4. The summed E-state index contributed by atoms with van der Waals surface area (Å²) in [6, 6.07) is 5.42. The lowest BCUT2D eigenvalue weighted by Gasteiger charge is -1.97. The van der Waals surface area contributed by atoms with Gasteiger partial charge in [0.05, 0.1) is 0 Å². The van der Waals surface area contributed by atoms with Crippen LogP contribution in [0.5, 0.6) is 0 Å². The molecule has 0 unspecified atom stereocenters. The molecule has 0 aliphatic heterocycles. The highest BCUT2D eigenvalue weighted by Crippen LogP contribution is 2.07. The van der Waals surface area contributed by atoms with E-state index in [-0.39, 0.29) is 6.54 Å². The monoisotopic (exact) mass is 206 g/mol. The lowest BCUT2D eigenvalue weighted by atomic mass is 10.4. The molecule has 15 heavy (non-hydrogen) atoms. The summed E-state index contributed by atoms with van der Waals surface area (Å²) in [5.74, 6) is -0.265. The molecule has 0 amide bonds. The van der Waals surface area contributed by atoms with Crippen LogP contribution < -0.4 is 10.1 Å². The van der Waals surface area contributed by atoms with Gasteiger partial charge in [-0.25, -0.2) is 13.8 Å². The minimum Gasteiger partial charge on any atom is -0.479 e. The van der Waals surface area contributed by atoms with Crippen molar-refractivity contribution in [2.75, 3.05) is 5.73 Å². The number of hydrogen-bond donors (Lipinski definition) is 2. The van der Waals surface area contributed by atoms with Gasteiger partial charge in [0.2, 0.25) is 11.5 Å². The standard InChI is InChI=1S/C10H11N3O2/c1-7-5-13-8(11)3-2-4-9(13)12(7)6-10(14)15/h2-5,11H,6H2,1H3,(H,14,15)/p+1. The van der Waals surface area contributed by atoms with E-state index in [0.717, 1.165) is 11.3 Å². The fourth-order valence-corrected chi connectivity index (χ4v) is 1.66. The Morgan fingerprint density at radius 3 is 3.00 bits per heavy atom. The molecule has 5 heteroatoms. The molecule has 2 heterocycles. The van der Waals surface area contributed by atoms with Crippen LogP contribution in [0.2, 0.25) is 0 Å². The van der Waals surface area contributed by atoms with Crippen LogP contribution in [-0.2, 0) is 11.3 Å². The highest BCUT2D eigenvalue weighted by molar-refractivity contribution is 5.67. The molecular formula is C10H12N3O2+. The van der Waals surface area contributed by atoms with E-state index in [4.69, 9.17) is 10.8 Å². The van der Waals surface area contributed by atoms with Crippen molar-refractivity contribution in [1.29, 1.82) is 0 Å². The number of pyridine rings is 1. The number of carbonyl (C=O) groups is 1. The predicted molar refractivity (Wildman–Crippen MR) is 54.4 cm³/mol. The molecule has 0 fully saturated rings. The molecule has 0 aliphatic carbocycles. The molecule has 3 N–H and O–H groups in total. The molecule has 5 nitrogen and oxygen atoms in total. The van der Waals surface area contributed by atoms with E-state index in [2.05, 4.69) is 0 Å². The summed E-state index contributed by atoms with van der Waals surface area (Å²) in [4.78, 5) is 10.7. The maximum absolute atomic E-state index is 10.7. The topological polar surface area (TPSA) is 72.3 Å². The number of aryl methyl sites for hydroxylation is 1. The van der Waals surface area contributed by atoms with Gasteiger partial charge in [0.1, 0.15) is 11.9 Å². The first-order chi connectivity index (χ1) is 7.09. The maximum Gasteiger partial charge on any atom is 0.338 e. The number of rotatable bonds is 2. The molecule has 0 bridgehead atoms. The number of nitrogens with two attached hydrogens (primary N) is 1. The van der Waals surface area contributed by atoms with Crippen LogP contribution in [0.4, 0.5) is 5.82 Å². The third-order valence-electron chi connectivity index (χ3n) is 2.35. The van der Waals surface area contributed by atoms with Gasteiger partial charge in [-0.15, -0.1) is 0 Å². The van der Waals surface area contributed by atoms with Crippen molar-refractivity contribution in [3.63, 3.8) is 0 Å². The van der Waals surface area contributed by atoms with Crippen LogP contribution in [-0.4, -0.2) is 15.6 Å². The SMILES string of the molecule is Cc1c[n+]2c(N)cccc2n1CC(=O)O. The first kappa shape index (κ1) is 9.51. The second kappa shape index (κ2) is 3.27. The third kappa shape index (κ3) is 1.52. The second-order valence-corrected chi connectivity index (χ2v) is 3.43. The summed E-state index contributed by atoms with van der Waals surface area (Å²) in [6.07, 6.45) is 1.83. The molecule has 0 saturated carbocycles. The molecule has 2 aromatic rings. The molecule has 2 aromatic heterocycles. The van der Waals surface area contributed by atoms with E-state index in [1.54, 1.807) is 15.0 Å². The van der Waals surface area contributed by atoms with Crippen LogP contribution >= 0.6 is 0 Å². The van der Waals surface area contributed by atoms with E-state index in [1.807, 2.05) is 25.3 Å². The van der Waals surface area contributed by atoms with E-state index in [0.29, 0.717) is 5.82 Å². The van der Waals surface area contributed by atoms with Gasteiger partial charge in [-0.1, -0.05) is 0 Å². The van der Waals surface area contributed by atoms with Crippen LogP contribution in [0.25, 0.3) is 5.65 Å². The first-order valence-corrected chi connectivity index (χ1v) is 4.57. The van der Waals surface area contributed by atoms with Crippen LogP contribution in [0.15, 0.2) is 24.4 Å². The molecule has 0 spiro atoms. The Hall–Kier alpha value is -2.04. The van der Waals surface area contributed by atoms with Crippen molar-refractivity contribution in [1.82, 2.24) is 4.57 Å². The lowest BCUT2D eigenvalue weighted by Crippen LogP contribution is -2.24. The lowest BCUT2D eigenvalue weighted by molar-refractivity contribution is -0.494. The normalized spacial score (nSPS) is 10.7. The molecule has 2 rings (SSSR count). The number of carboxylic acids is 1. The summed E-state index contributed by atoms with van der Waals surface area (Å²) < 4.78 is 3.48. The Bertz CT molecular complexity index is 531. The zero-order chi connectivity index (χ0) is 11.0. The molecule has 0 aliphatic rings. The second-order valence-electron chi connectivity index (χ2n) is 3.43. The zero-order valence-corrected chi connectivity index (χ0v) is 8.34. The van der Waals surface area contributed by atoms with Crippen molar-refractivity contribution in [3.8, 4) is 0 Å². The average Bonchev–Trinajstić information content (AvgIpc) is 2.45. The summed E-state index contributed by atoms with van der Waals surface area (Å²) in [7, 11) is 0. The Kier molecular flexibility index (Phi) is 2.07. The zero-order valence-electron chi connectivity index (χ0n) is 8.34. The third-order valence-corrected chi connectivity index (χ3v) is 2.35. The number of nitrogen functional groups attached to an aromatic ring is 1. The fraction of sp³-hybridized carbons (Fsp3) is 0.200. The number of aliphatic carboxylic acids is 1. The number of fused-ring (bicyclic) bond motifs is 1. The quantitative estimate of drug-likeness (QED) is 0.689. The van der Waals surface area contributed by atoms with Crippen LogP contribution in [0, 0.1) is 6.92 Å². The van der Waals surface area contributed by atoms with Gasteiger partial charge >= 0.3 is 5.97 Å². The summed E-state index contributed by atoms with van der Waals surface area (Å²) in [6.45, 7) is 1.81. The minimum atomic E-state index is -0.862. The van der Waals surface area contributed by atoms with Gasteiger partial charge in [-0.3, -0.25) is 0 Å². The van der Waals surface area contributed by atoms with E-state index in [9.17, 15) is 4.79 Å². The van der Waals surface area contributed by atoms with Gasteiger partial charge in [-0.2, -0.15) is 0 Å². The van der Waals surface area contributed by atoms with E-state index in [1.165, 1.54) is 0 Å². The first-order valence-electron chi connectivity index (χ1n) is 4.57. The average molecular weight is 206 g/mol. The minimum absolute atomic E-state index is 0.0498. The number of hydrogen-bond acceptors (Lipinski definition) is 2. The highest BCUT2D eigenvalue weighted by Gasteiger charge is 2.15. The van der Waals surface area contributed by atoms with Crippen molar-refractivity contribution >= 4 is 17.4 Å². The van der Waals surface area contributed by atoms with Gasteiger partial charge in [0.15, 0.2) is 6.54 Å². The largest absolute Gasteiger partial charge is 0.479 e. The Labute approximate surface area is 86.4 Å². The van der Waals surface area contributed by atoms with Gasteiger partial charge in [0.25, 0.3) is 0 Å². The number of aromatic nitrogens is 2. The molecule has 0 aromatic carbocycles. The fourth-order valence-electron chi connectivity index (χ4n) is 1.66. The number of anilines is 1. The summed E-state index contributed by atoms with van der Waals surface area (Å²) in [5.41, 5.74) is 7.43. The Balaban J connectivity index is 2.68. The number of carboxylic acid groups (broad SMARTS) is 1. The van der Waals surface area contributed by atoms with E-state index >= 15 is 0 Å². The van der Waals surface area contributed by atoms with Crippen molar-refractivity contribution in [2.24, 2.45) is 0 Å². The molecule has 0 radical (unpaired) electrons. The van der Waals surface area contributed by atoms with Crippen molar-refractivity contribution < 1.29 is 14.3 Å². The van der Waals surface area contributed by atoms with Gasteiger partial charge in [0, 0.05) is 12.1 Å². The number of imidazole rings is 1. The molecule has 78 valence electrons.